The molecule has 0 bridgehead atoms. The third-order valence-corrected chi connectivity index (χ3v) is 3.28. The molecule has 0 spiro atoms. The lowest BCUT2D eigenvalue weighted by atomic mass is 10.1. The summed E-state index contributed by atoms with van der Waals surface area (Å²) in [5, 5.41) is 28.2. The van der Waals surface area contributed by atoms with Gasteiger partial charge in [-0.1, -0.05) is 45.4 Å². The van der Waals surface area contributed by atoms with Gasteiger partial charge in [-0.15, -0.1) is 0 Å². The van der Waals surface area contributed by atoms with Gasteiger partial charge in [-0.25, -0.2) is 4.79 Å². The second-order valence-corrected chi connectivity index (χ2v) is 5.12. The van der Waals surface area contributed by atoms with Crippen LogP contribution in [-0.2, 0) is 4.74 Å². The summed E-state index contributed by atoms with van der Waals surface area (Å²) in [6, 6.07) is 2.03. The molecule has 1 rings (SSSR count). The van der Waals surface area contributed by atoms with Gasteiger partial charge in [-0.3, -0.25) is 0 Å². The van der Waals surface area contributed by atoms with Gasteiger partial charge in [0.2, 0.25) is 0 Å². The van der Waals surface area contributed by atoms with Crippen molar-refractivity contribution in [3.63, 3.8) is 0 Å². The molecule has 1 aromatic carbocycles. The minimum absolute atomic E-state index is 0.226. The zero-order valence-electron chi connectivity index (χ0n) is 12.5. The standard InChI is InChI=1S/C16H24O5/c1-2-3-4-5-6-7-8-9-21-16(20)13-10-12(17)11-14(18)15(13)19/h10-11,17-19H,2-9H2,1H3. The van der Waals surface area contributed by atoms with Gasteiger partial charge in [-0.2, -0.15) is 0 Å². The Labute approximate surface area is 125 Å². The van der Waals surface area contributed by atoms with Crippen molar-refractivity contribution in [2.75, 3.05) is 6.61 Å². The molecule has 0 atom stereocenters. The molecule has 0 unspecified atom stereocenters. The predicted octanol–water partition coefficient (Wildman–Crippen LogP) is 3.71. The SMILES string of the molecule is CCCCCCCCCOC(=O)c1cc(O)cc(O)c1O. The maximum Gasteiger partial charge on any atom is 0.342 e. The van der Waals surface area contributed by atoms with Gasteiger partial charge in [0.05, 0.1) is 6.61 Å². The van der Waals surface area contributed by atoms with E-state index in [0.29, 0.717) is 0 Å². The van der Waals surface area contributed by atoms with Crippen molar-refractivity contribution >= 4 is 5.97 Å². The van der Waals surface area contributed by atoms with Crippen molar-refractivity contribution in [3.8, 4) is 17.2 Å². The Kier molecular flexibility index (Phi) is 7.43. The third-order valence-electron chi connectivity index (χ3n) is 3.28. The van der Waals surface area contributed by atoms with E-state index in [-0.39, 0.29) is 17.9 Å². The summed E-state index contributed by atoms with van der Waals surface area (Å²) >= 11 is 0. The van der Waals surface area contributed by atoms with Crippen LogP contribution in [0, 0.1) is 0 Å². The van der Waals surface area contributed by atoms with Crippen LogP contribution in [-0.4, -0.2) is 27.9 Å². The van der Waals surface area contributed by atoms with Crippen molar-refractivity contribution in [1.82, 2.24) is 0 Å². The van der Waals surface area contributed by atoms with E-state index >= 15 is 0 Å². The molecule has 5 heteroatoms. The van der Waals surface area contributed by atoms with Gasteiger partial charge in [-0.05, 0) is 12.5 Å². The third kappa shape index (κ3) is 5.94. The van der Waals surface area contributed by atoms with E-state index < -0.39 is 17.5 Å². The monoisotopic (exact) mass is 296 g/mol. The maximum atomic E-state index is 11.7. The molecular formula is C16H24O5. The first-order valence-electron chi connectivity index (χ1n) is 7.48. The minimum Gasteiger partial charge on any atom is -0.508 e. The maximum absolute atomic E-state index is 11.7. The Hall–Kier alpha value is -1.91. The largest absolute Gasteiger partial charge is 0.508 e. The number of hydrogen-bond donors (Lipinski definition) is 3. The highest BCUT2D eigenvalue weighted by Gasteiger charge is 2.17. The van der Waals surface area contributed by atoms with Gasteiger partial charge in [0.15, 0.2) is 11.5 Å². The molecule has 118 valence electrons. The highest BCUT2D eigenvalue weighted by molar-refractivity contribution is 5.93. The lowest BCUT2D eigenvalue weighted by Gasteiger charge is -2.08. The molecule has 21 heavy (non-hydrogen) atoms. The van der Waals surface area contributed by atoms with Gasteiger partial charge in [0.25, 0.3) is 0 Å². The van der Waals surface area contributed by atoms with Gasteiger partial charge in [0, 0.05) is 6.07 Å². The second-order valence-electron chi connectivity index (χ2n) is 5.12. The van der Waals surface area contributed by atoms with E-state index in [1.165, 1.54) is 25.7 Å². The zero-order valence-corrected chi connectivity index (χ0v) is 12.5. The van der Waals surface area contributed by atoms with Gasteiger partial charge < -0.3 is 20.1 Å². The van der Waals surface area contributed by atoms with Crippen LogP contribution in [0.3, 0.4) is 0 Å². The summed E-state index contributed by atoms with van der Waals surface area (Å²) in [5.41, 5.74) is -0.226. The van der Waals surface area contributed by atoms with E-state index in [1.807, 2.05) is 0 Å². The summed E-state index contributed by atoms with van der Waals surface area (Å²) < 4.78 is 5.03. The van der Waals surface area contributed by atoms with Crippen LogP contribution in [0.25, 0.3) is 0 Å². The van der Waals surface area contributed by atoms with Crippen LogP contribution in [0.2, 0.25) is 0 Å². The van der Waals surface area contributed by atoms with E-state index in [9.17, 15) is 20.1 Å². The molecule has 5 nitrogen and oxygen atoms in total. The number of carbonyl (C=O) groups excluding carboxylic acids is 1. The quantitative estimate of drug-likeness (QED) is 0.280. The van der Waals surface area contributed by atoms with Crippen LogP contribution in [0.15, 0.2) is 12.1 Å². The number of phenols is 3. The first-order chi connectivity index (χ1) is 10.1. The van der Waals surface area contributed by atoms with Crippen molar-refractivity contribution < 1.29 is 24.9 Å². The summed E-state index contributed by atoms with van der Waals surface area (Å²) in [6.07, 6.45) is 7.80. The lowest BCUT2D eigenvalue weighted by Crippen LogP contribution is -2.06. The number of aromatic hydroxyl groups is 3. The van der Waals surface area contributed by atoms with Crippen molar-refractivity contribution in [2.24, 2.45) is 0 Å². The number of ether oxygens (including phenoxy) is 1. The molecule has 0 saturated carbocycles. The van der Waals surface area contributed by atoms with E-state index in [1.54, 1.807) is 0 Å². The molecule has 0 aliphatic rings. The van der Waals surface area contributed by atoms with E-state index in [0.717, 1.165) is 31.4 Å². The van der Waals surface area contributed by atoms with Gasteiger partial charge >= 0.3 is 5.97 Å². The Balaban J connectivity index is 2.28. The number of carbonyl (C=O) groups is 1. The van der Waals surface area contributed by atoms with Crippen LogP contribution in [0.1, 0.15) is 62.2 Å². The first kappa shape index (κ1) is 17.1. The number of benzene rings is 1. The minimum atomic E-state index is -0.746. The fraction of sp³-hybridized carbons (Fsp3) is 0.562. The average Bonchev–Trinajstić information content (AvgIpc) is 2.45. The molecular weight excluding hydrogens is 272 g/mol. The smallest absolute Gasteiger partial charge is 0.342 e. The second kappa shape index (κ2) is 9.10. The molecule has 1 aromatic rings. The Morgan fingerprint density at radius 3 is 2.29 bits per heavy atom. The molecule has 0 saturated heterocycles. The summed E-state index contributed by atoms with van der Waals surface area (Å²) in [4.78, 5) is 11.7. The fourth-order valence-electron chi connectivity index (χ4n) is 2.06. The van der Waals surface area contributed by atoms with Crippen molar-refractivity contribution in [1.29, 1.82) is 0 Å². The summed E-state index contributed by atoms with van der Waals surface area (Å²) in [7, 11) is 0. The Morgan fingerprint density at radius 2 is 1.62 bits per heavy atom. The average molecular weight is 296 g/mol. The van der Waals surface area contributed by atoms with Crippen molar-refractivity contribution in [3.05, 3.63) is 17.7 Å². The van der Waals surface area contributed by atoms with Crippen LogP contribution < -0.4 is 0 Å². The molecule has 0 aromatic heterocycles. The van der Waals surface area contributed by atoms with E-state index in [2.05, 4.69) is 6.92 Å². The molecule has 0 aliphatic carbocycles. The Morgan fingerprint density at radius 1 is 1.00 bits per heavy atom. The normalized spacial score (nSPS) is 10.5. The van der Waals surface area contributed by atoms with Crippen LogP contribution in [0.5, 0.6) is 17.2 Å². The highest BCUT2D eigenvalue weighted by Crippen LogP contribution is 2.33. The van der Waals surface area contributed by atoms with E-state index in [4.69, 9.17) is 4.74 Å². The number of rotatable bonds is 9. The fourth-order valence-corrected chi connectivity index (χ4v) is 2.06. The van der Waals surface area contributed by atoms with Gasteiger partial charge in [0.1, 0.15) is 11.3 Å². The molecule has 0 amide bonds. The number of phenolic OH excluding ortho intramolecular Hbond substituents is 3. The number of esters is 1. The lowest BCUT2D eigenvalue weighted by molar-refractivity contribution is 0.0493. The molecule has 0 fully saturated rings. The molecule has 3 N–H and O–H groups in total. The number of hydrogen-bond acceptors (Lipinski definition) is 5. The molecule has 0 radical (unpaired) electrons. The Bertz CT molecular complexity index is 456. The first-order valence-corrected chi connectivity index (χ1v) is 7.48. The zero-order chi connectivity index (χ0) is 15.7. The van der Waals surface area contributed by atoms with Crippen molar-refractivity contribution in [2.45, 2.75) is 51.9 Å². The molecule has 0 aliphatic heterocycles. The predicted molar refractivity (Wildman–Crippen MR) is 79.7 cm³/mol. The highest BCUT2D eigenvalue weighted by atomic mass is 16.5. The summed E-state index contributed by atoms with van der Waals surface area (Å²) in [5.74, 6) is -2.16. The molecule has 0 heterocycles. The van der Waals surface area contributed by atoms with Crippen LogP contribution >= 0.6 is 0 Å². The summed E-state index contributed by atoms with van der Waals surface area (Å²) in [6.45, 7) is 2.44. The topological polar surface area (TPSA) is 87.0 Å². The number of unbranched alkanes of at least 4 members (excludes halogenated alkanes) is 6. The van der Waals surface area contributed by atoms with Crippen LogP contribution in [0.4, 0.5) is 0 Å².